The topological polar surface area (TPSA) is 29.1 Å². The highest BCUT2D eigenvalue weighted by Crippen LogP contribution is 2.25. The van der Waals surface area contributed by atoms with Crippen molar-refractivity contribution in [2.45, 2.75) is 32.7 Å². The summed E-state index contributed by atoms with van der Waals surface area (Å²) in [6, 6.07) is 15.0. The lowest BCUT2D eigenvalue weighted by Gasteiger charge is -2.20. The van der Waals surface area contributed by atoms with Crippen LogP contribution in [0.5, 0.6) is 0 Å². The minimum Gasteiger partial charge on any atom is -0.309 e. The molecule has 1 N–H and O–H groups in total. The van der Waals surface area contributed by atoms with Gasteiger partial charge in [0, 0.05) is 28.3 Å². The lowest BCUT2D eigenvalue weighted by Crippen LogP contribution is -2.27. The van der Waals surface area contributed by atoms with Crippen molar-refractivity contribution in [1.82, 2.24) is 5.32 Å². The Labute approximate surface area is 130 Å². The maximum absolute atomic E-state index is 12.3. The average Bonchev–Trinajstić information content (AvgIpc) is 2.52. The van der Waals surface area contributed by atoms with Crippen LogP contribution in [0.1, 0.15) is 38.3 Å². The molecule has 0 heterocycles. The molecule has 0 amide bonds. The molecule has 3 heteroatoms. The smallest absolute Gasteiger partial charge is 0.0442 e. The maximum atomic E-state index is 12.3. The maximum Gasteiger partial charge on any atom is 0.0442 e. The molecule has 0 aliphatic rings. The zero-order valence-electron chi connectivity index (χ0n) is 13.0. The van der Waals surface area contributed by atoms with Crippen molar-refractivity contribution in [2.75, 3.05) is 18.1 Å². The molecule has 0 fully saturated rings. The van der Waals surface area contributed by atoms with Crippen LogP contribution in [-0.4, -0.2) is 22.3 Å². The van der Waals surface area contributed by atoms with Gasteiger partial charge >= 0.3 is 0 Å². The van der Waals surface area contributed by atoms with E-state index < -0.39 is 10.8 Å². The van der Waals surface area contributed by atoms with Gasteiger partial charge in [0.05, 0.1) is 0 Å². The Balaban J connectivity index is 2.25. The second kappa shape index (κ2) is 8.30. The van der Waals surface area contributed by atoms with Crippen LogP contribution in [-0.2, 0) is 10.8 Å². The number of benzene rings is 2. The summed E-state index contributed by atoms with van der Waals surface area (Å²) in [7, 11) is -0.757. The fourth-order valence-corrected chi connectivity index (χ4v) is 4.08. The largest absolute Gasteiger partial charge is 0.309 e. The second-order valence-corrected chi connectivity index (χ2v) is 6.96. The molecule has 2 nitrogen and oxygen atoms in total. The van der Waals surface area contributed by atoms with Crippen molar-refractivity contribution in [2.24, 2.45) is 0 Å². The van der Waals surface area contributed by atoms with Crippen molar-refractivity contribution in [3.8, 4) is 0 Å². The van der Waals surface area contributed by atoms with Crippen molar-refractivity contribution in [3.05, 3.63) is 48.0 Å². The Hall–Kier alpha value is -1.19. The highest BCUT2D eigenvalue weighted by Gasteiger charge is 2.16. The van der Waals surface area contributed by atoms with E-state index in [0.717, 1.165) is 25.1 Å². The first kappa shape index (κ1) is 16.2. The fraction of sp³-hybridized carbons (Fsp3) is 0.444. The quantitative estimate of drug-likeness (QED) is 0.797. The summed E-state index contributed by atoms with van der Waals surface area (Å²) in [6.45, 7) is 5.13. The van der Waals surface area contributed by atoms with E-state index in [2.05, 4.69) is 61.6 Å². The molecule has 0 bridgehead atoms. The highest BCUT2D eigenvalue weighted by molar-refractivity contribution is 7.85. The standard InChI is InChI=1S/C18H25NOS/c1-3-5-13-21(20)14-18(19-4-2)17-12-8-10-15-9-6-7-11-16(15)17/h6-12,18-19H,3-5,13-14H2,1-2H3. The first-order chi connectivity index (χ1) is 10.3. The molecule has 0 aliphatic heterocycles. The summed E-state index contributed by atoms with van der Waals surface area (Å²) < 4.78 is 12.3. The lowest BCUT2D eigenvalue weighted by molar-refractivity contribution is 0.597. The average molecular weight is 303 g/mol. The van der Waals surface area contributed by atoms with Crippen LogP contribution < -0.4 is 5.32 Å². The van der Waals surface area contributed by atoms with E-state index in [9.17, 15) is 4.21 Å². The minimum atomic E-state index is -0.757. The molecule has 0 spiro atoms. The molecular weight excluding hydrogens is 278 g/mol. The molecule has 21 heavy (non-hydrogen) atoms. The number of hydrogen-bond acceptors (Lipinski definition) is 2. The monoisotopic (exact) mass is 303 g/mol. The third kappa shape index (κ3) is 4.39. The SMILES string of the molecule is CCCCS(=O)CC(NCC)c1cccc2ccccc12. The first-order valence-electron chi connectivity index (χ1n) is 7.82. The summed E-state index contributed by atoms with van der Waals surface area (Å²) in [6.07, 6.45) is 2.15. The zero-order chi connectivity index (χ0) is 15.1. The van der Waals surface area contributed by atoms with E-state index in [-0.39, 0.29) is 6.04 Å². The summed E-state index contributed by atoms with van der Waals surface area (Å²) in [5.41, 5.74) is 1.26. The molecule has 114 valence electrons. The lowest BCUT2D eigenvalue weighted by atomic mass is 9.99. The van der Waals surface area contributed by atoms with Crippen LogP contribution in [0.25, 0.3) is 10.8 Å². The molecule has 0 saturated heterocycles. The Bertz CT molecular complexity index is 591. The van der Waals surface area contributed by atoms with Gasteiger partial charge in [0.2, 0.25) is 0 Å². The zero-order valence-corrected chi connectivity index (χ0v) is 13.8. The van der Waals surface area contributed by atoms with Crippen LogP contribution in [0, 0.1) is 0 Å². The molecule has 2 rings (SSSR count). The van der Waals surface area contributed by atoms with Gasteiger partial charge in [0.15, 0.2) is 0 Å². The van der Waals surface area contributed by atoms with E-state index >= 15 is 0 Å². The number of unbranched alkanes of at least 4 members (excludes halogenated alkanes) is 1. The van der Waals surface area contributed by atoms with Gasteiger partial charge in [-0.3, -0.25) is 4.21 Å². The third-order valence-corrected chi connectivity index (χ3v) is 5.18. The van der Waals surface area contributed by atoms with E-state index in [4.69, 9.17) is 0 Å². The van der Waals surface area contributed by atoms with E-state index in [1.807, 2.05) is 0 Å². The van der Waals surface area contributed by atoms with Gasteiger partial charge in [0.1, 0.15) is 0 Å². The number of rotatable bonds is 8. The van der Waals surface area contributed by atoms with Crippen molar-refractivity contribution >= 4 is 21.6 Å². The highest BCUT2D eigenvalue weighted by atomic mass is 32.2. The third-order valence-electron chi connectivity index (χ3n) is 3.73. The van der Waals surface area contributed by atoms with E-state index in [0.29, 0.717) is 5.75 Å². The Kier molecular flexibility index (Phi) is 6.40. The number of hydrogen-bond donors (Lipinski definition) is 1. The summed E-state index contributed by atoms with van der Waals surface area (Å²) >= 11 is 0. The van der Waals surface area contributed by atoms with Gasteiger partial charge in [0.25, 0.3) is 0 Å². The summed E-state index contributed by atoms with van der Waals surface area (Å²) in [5.74, 6) is 1.50. The molecular formula is C18H25NOS. The summed E-state index contributed by atoms with van der Waals surface area (Å²) in [5, 5.41) is 6.02. The van der Waals surface area contributed by atoms with Gasteiger partial charge in [-0.15, -0.1) is 0 Å². The van der Waals surface area contributed by atoms with Gasteiger partial charge in [-0.1, -0.05) is 62.7 Å². The van der Waals surface area contributed by atoms with Gasteiger partial charge in [-0.2, -0.15) is 0 Å². The predicted molar refractivity (Wildman–Crippen MR) is 93.2 cm³/mol. The van der Waals surface area contributed by atoms with E-state index in [1.54, 1.807) is 0 Å². The van der Waals surface area contributed by atoms with Gasteiger partial charge in [-0.25, -0.2) is 0 Å². The van der Waals surface area contributed by atoms with Crippen LogP contribution in [0.15, 0.2) is 42.5 Å². The molecule has 0 saturated carbocycles. The molecule has 2 aromatic rings. The second-order valence-electron chi connectivity index (χ2n) is 5.34. The fourth-order valence-electron chi connectivity index (χ4n) is 2.63. The summed E-state index contributed by atoms with van der Waals surface area (Å²) in [4.78, 5) is 0. The molecule has 0 aliphatic carbocycles. The van der Waals surface area contributed by atoms with Crippen molar-refractivity contribution in [1.29, 1.82) is 0 Å². The molecule has 2 atom stereocenters. The number of fused-ring (bicyclic) bond motifs is 1. The van der Waals surface area contributed by atoms with Crippen LogP contribution in [0.3, 0.4) is 0 Å². The molecule has 2 unspecified atom stereocenters. The Morgan fingerprint density at radius 1 is 1.10 bits per heavy atom. The van der Waals surface area contributed by atoms with Crippen molar-refractivity contribution in [3.63, 3.8) is 0 Å². The van der Waals surface area contributed by atoms with Crippen LogP contribution in [0.2, 0.25) is 0 Å². The van der Waals surface area contributed by atoms with Gasteiger partial charge < -0.3 is 5.32 Å². The Morgan fingerprint density at radius 3 is 2.62 bits per heavy atom. The molecule has 0 radical (unpaired) electrons. The van der Waals surface area contributed by atoms with Crippen LogP contribution in [0.4, 0.5) is 0 Å². The van der Waals surface area contributed by atoms with Crippen LogP contribution >= 0.6 is 0 Å². The predicted octanol–water partition coefficient (Wildman–Crippen LogP) is 4.04. The first-order valence-corrected chi connectivity index (χ1v) is 9.31. The van der Waals surface area contributed by atoms with E-state index in [1.165, 1.54) is 16.3 Å². The van der Waals surface area contributed by atoms with Gasteiger partial charge in [-0.05, 0) is 29.3 Å². The minimum absolute atomic E-state index is 0.166. The normalized spacial score (nSPS) is 14.2. The van der Waals surface area contributed by atoms with Crippen molar-refractivity contribution < 1.29 is 4.21 Å². The molecule has 2 aromatic carbocycles. The molecule has 0 aromatic heterocycles. The number of nitrogens with one attached hydrogen (secondary N) is 1. The Morgan fingerprint density at radius 2 is 1.86 bits per heavy atom.